The van der Waals surface area contributed by atoms with Gasteiger partial charge in [0.05, 0.1) is 6.61 Å². The number of hydrogen-bond donors (Lipinski definition) is 1. The topological polar surface area (TPSA) is 38.5 Å². The van der Waals surface area contributed by atoms with Crippen LogP contribution in [0.5, 0.6) is 0 Å². The first-order chi connectivity index (χ1) is 8.29. The molecule has 2 atom stereocenters. The molecule has 1 aromatic rings. The van der Waals surface area contributed by atoms with E-state index in [1.165, 1.54) is 4.88 Å². The van der Waals surface area contributed by atoms with Crippen LogP contribution >= 0.6 is 11.3 Å². The lowest BCUT2D eigenvalue weighted by atomic mass is 9.96. The van der Waals surface area contributed by atoms with E-state index in [9.17, 15) is 0 Å². The van der Waals surface area contributed by atoms with E-state index in [2.05, 4.69) is 29.3 Å². The molecule has 1 aliphatic heterocycles. The second-order valence-electron chi connectivity index (χ2n) is 4.69. The maximum atomic E-state index is 6.15. The van der Waals surface area contributed by atoms with Gasteiger partial charge in [-0.2, -0.15) is 0 Å². The molecule has 0 spiro atoms. The number of nitrogens with zero attached hydrogens (tertiary/aromatic N) is 1. The molecule has 0 aliphatic carbocycles. The Balaban J connectivity index is 1.86. The highest BCUT2D eigenvalue weighted by Gasteiger charge is 2.24. The van der Waals surface area contributed by atoms with Gasteiger partial charge in [-0.05, 0) is 24.4 Å². The van der Waals surface area contributed by atoms with Gasteiger partial charge in [0.2, 0.25) is 0 Å². The molecule has 0 saturated carbocycles. The van der Waals surface area contributed by atoms with Crippen LogP contribution in [0.3, 0.4) is 0 Å². The van der Waals surface area contributed by atoms with Crippen molar-refractivity contribution in [2.45, 2.75) is 25.9 Å². The third kappa shape index (κ3) is 3.78. The van der Waals surface area contributed by atoms with Gasteiger partial charge in [0.15, 0.2) is 0 Å². The Morgan fingerprint density at radius 2 is 2.47 bits per heavy atom. The summed E-state index contributed by atoms with van der Waals surface area (Å²) >= 11 is 1.83. The molecule has 1 fully saturated rings. The second kappa shape index (κ2) is 6.50. The van der Waals surface area contributed by atoms with Crippen molar-refractivity contribution < 1.29 is 4.74 Å². The number of nitrogens with two attached hydrogens (primary N) is 1. The van der Waals surface area contributed by atoms with Crippen molar-refractivity contribution in [1.29, 1.82) is 0 Å². The smallest absolute Gasteiger partial charge is 0.0521 e. The minimum absolute atomic E-state index is 0.307. The molecule has 0 aromatic carbocycles. The summed E-state index contributed by atoms with van der Waals surface area (Å²) in [5, 5.41) is 2.14. The molecule has 2 N–H and O–H groups in total. The van der Waals surface area contributed by atoms with E-state index in [-0.39, 0.29) is 0 Å². The molecule has 96 valence electrons. The maximum absolute atomic E-state index is 6.15. The van der Waals surface area contributed by atoms with Crippen LogP contribution in [0.25, 0.3) is 0 Å². The minimum Gasteiger partial charge on any atom is -0.381 e. The van der Waals surface area contributed by atoms with Crippen molar-refractivity contribution in [3.63, 3.8) is 0 Å². The van der Waals surface area contributed by atoms with E-state index in [4.69, 9.17) is 10.5 Å². The molecule has 0 amide bonds. The monoisotopic (exact) mass is 254 g/mol. The highest BCUT2D eigenvalue weighted by molar-refractivity contribution is 7.09. The molecule has 2 heterocycles. The minimum atomic E-state index is 0.307. The van der Waals surface area contributed by atoms with Gasteiger partial charge >= 0.3 is 0 Å². The van der Waals surface area contributed by atoms with Gasteiger partial charge in [-0.1, -0.05) is 13.0 Å². The molecule has 2 unspecified atom stereocenters. The van der Waals surface area contributed by atoms with Gasteiger partial charge in [0, 0.05) is 36.5 Å². The van der Waals surface area contributed by atoms with Gasteiger partial charge < -0.3 is 10.5 Å². The van der Waals surface area contributed by atoms with Crippen LogP contribution < -0.4 is 5.73 Å². The van der Waals surface area contributed by atoms with Gasteiger partial charge in [0.1, 0.15) is 0 Å². The summed E-state index contributed by atoms with van der Waals surface area (Å²) < 4.78 is 5.53. The molecule has 1 aliphatic rings. The van der Waals surface area contributed by atoms with Gasteiger partial charge in [-0.3, -0.25) is 4.90 Å². The molecular weight excluding hydrogens is 232 g/mol. The molecule has 2 rings (SSSR count). The van der Waals surface area contributed by atoms with Gasteiger partial charge in [0.25, 0.3) is 0 Å². The lowest BCUT2D eigenvalue weighted by Gasteiger charge is -2.33. The van der Waals surface area contributed by atoms with Gasteiger partial charge in [-0.15, -0.1) is 11.3 Å². The summed E-state index contributed by atoms with van der Waals surface area (Å²) in [7, 11) is 0. The Morgan fingerprint density at radius 1 is 1.59 bits per heavy atom. The molecule has 0 radical (unpaired) electrons. The van der Waals surface area contributed by atoms with Crippen molar-refractivity contribution in [3.05, 3.63) is 22.4 Å². The van der Waals surface area contributed by atoms with E-state index in [0.717, 1.165) is 39.3 Å². The molecule has 0 bridgehead atoms. The van der Waals surface area contributed by atoms with E-state index in [1.54, 1.807) is 0 Å². The Bertz CT molecular complexity index is 315. The van der Waals surface area contributed by atoms with Crippen LogP contribution in [0.4, 0.5) is 0 Å². The zero-order chi connectivity index (χ0) is 12.1. The van der Waals surface area contributed by atoms with Crippen LogP contribution in [-0.4, -0.2) is 37.2 Å². The number of rotatable bonds is 5. The first kappa shape index (κ1) is 13.0. The summed E-state index contributed by atoms with van der Waals surface area (Å²) in [6.07, 6.45) is 1.00. The standard InChI is InChI=1S/C13H22N2OS/c1-2-15(9-12-4-3-7-17-12)8-11-10-16-6-5-13(11)14/h3-4,7,11,13H,2,5-6,8-10,14H2,1H3. The first-order valence-electron chi connectivity index (χ1n) is 6.37. The summed E-state index contributed by atoms with van der Waals surface area (Å²) in [4.78, 5) is 3.89. The average Bonchev–Trinajstić information content (AvgIpc) is 2.84. The SMILES string of the molecule is CCN(Cc1cccs1)CC1COCCC1N. The van der Waals surface area contributed by atoms with Crippen LogP contribution in [0, 0.1) is 5.92 Å². The second-order valence-corrected chi connectivity index (χ2v) is 5.73. The third-order valence-corrected chi connectivity index (χ3v) is 4.29. The summed E-state index contributed by atoms with van der Waals surface area (Å²) in [6.45, 7) is 7.02. The predicted molar refractivity (Wildman–Crippen MR) is 72.2 cm³/mol. The van der Waals surface area contributed by atoms with Crippen molar-refractivity contribution in [1.82, 2.24) is 4.90 Å². The average molecular weight is 254 g/mol. The fourth-order valence-electron chi connectivity index (χ4n) is 2.26. The van der Waals surface area contributed by atoms with Crippen LogP contribution in [0.2, 0.25) is 0 Å². The highest BCUT2D eigenvalue weighted by atomic mass is 32.1. The van der Waals surface area contributed by atoms with E-state index in [0.29, 0.717) is 12.0 Å². The summed E-state index contributed by atoms with van der Waals surface area (Å²) in [5.74, 6) is 0.490. The molecule has 3 nitrogen and oxygen atoms in total. The number of hydrogen-bond acceptors (Lipinski definition) is 4. The van der Waals surface area contributed by atoms with Crippen LogP contribution in [0.1, 0.15) is 18.2 Å². The normalized spacial score (nSPS) is 25.4. The largest absolute Gasteiger partial charge is 0.381 e. The summed E-state index contributed by atoms with van der Waals surface area (Å²) in [6, 6.07) is 4.62. The zero-order valence-electron chi connectivity index (χ0n) is 10.5. The highest BCUT2D eigenvalue weighted by Crippen LogP contribution is 2.17. The molecule has 17 heavy (non-hydrogen) atoms. The van der Waals surface area contributed by atoms with Crippen molar-refractivity contribution in [2.75, 3.05) is 26.3 Å². The molecular formula is C13H22N2OS. The Labute approximate surface area is 108 Å². The Kier molecular flexibility index (Phi) is 4.98. The van der Waals surface area contributed by atoms with E-state index in [1.807, 2.05) is 11.3 Å². The quantitative estimate of drug-likeness (QED) is 0.872. The predicted octanol–water partition coefficient (Wildman–Crippen LogP) is 1.93. The van der Waals surface area contributed by atoms with Crippen molar-refractivity contribution in [2.24, 2.45) is 11.7 Å². The molecule has 4 heteroatoms. The molecule has 1 aromatic heterocycles. The number of ether oxygens (including phenoxy) is 1. The van der Waals surface area contributed by atoms with Gasteiger partial charge in [-0.25, -0.2) is 0 Å². The van der Waals surface area contributed by atoms with Crippen LogP contribution in [0.15, 0.2) is 17.5 Å². The first-order valence-corrected chi connectivity index (χ1v) is 7.25. The van der Waals surface area contributed by atoms with E-state index >= 15 is 0 Å². The zero-order valence-corrected chi connectivity index (χ0v) is 11.3. The van der Waals surface area contributed by atoms with Crippen molar-refractivity contribution in [3.8, 4) is 0 Å². The maximum Gasteiger partial charge on any atom is 0.0521 e. The Morgan fingerprint density at radius 3 is 3.12 bits per heavy atom. The van der Waals surface area contributed by atoms with Crippen LogP contribution in [-0.2, 0) is 11.3 Å². The lowest BCUT2D eigenvalue weighted by Crippen LogP contribution is -2.44. The van der Waals surface area contributed by atoms with E-state index < -0.39 is 0 Å². The third-order valence-electron chi connectivity index (χ3n) is 3.43. The van der Waals surface area contributed by atoms with Crippen molar-refractivity contribution >= 4 is 11.3 Å². The summed E-state index contributed by atoms with van der Waals surface area (Å²) in [5.41, 5.74) is 6.15. The number of thiophene rings is 1. The fraction of sp³-hybridized carbons (Fsp3) is 0.692. The fourth-order valence-corrected chi connectivity index (χ4v) is 3.01. The Hall–Kier alpha value is -0.420. The molecule has 1 saturated heterocycles. The lowest BCUT2D eigenvalue weighted by molar-refractivity contribution is 0.0258.